The van der Waals surface area contributed by atoms with E-state index in [1.807, 2.05) is 0 Å². The Labute approximate surface area is 230 Å². The molecule has 0 bridgehead atoms. The van der Waals surface area contributed by atoms with E-state index in [1.54, 1.807) is 0 Å². The summed E-state index contributed by atoms with van der Waals surface area (Å²) in [5.41, 5.74) is 0. The SMILES string of the molecule is CCCCCCCCCCCC(=O)OCC1OC(O)C(O[Si](C)(C)C)C(O[Si](C)(C)C)C1O[Si](C)(C)C. The molecule has 0 radical (unpaired) electrons. The summed E-state index contributed by atoms with van der Waals surface area (Å²) < 4.78 is 31.2. The van der Waals surface area contributed by atoms with Crippen molar-refractivity contribution in [3.05, 3.63) is 0 Å². The van der Waals surface area contributed by atoms with E-state index < -0.39 is 55.7 Å². The van der Waals surface area contributed by atoms with Crippen molar-refractivity contribution in [3.8, 4) is 0 Å². The Bertz CT molecular complexity index is 643. The Morgan fingerprint density at radius 3 is 1.59 bits per heavy atom. The number of unbranched alkanes of at least 4 members (excludes halogenated alkanes) is 8. The highest BCUT2D eigenvalue weighted by Gasteiger charge is 2.51. The van der Waals surface area contributed by atoms with Crippen LogP contribution in [0.3, 0.4) is 0 Å². The molecule has 10 heteroatoms. The molecule has 1 aliphatic heterocycles. The minimum atomic E-state index is -2.03. The first kappa shape index (κ1) is 34.9. The second-order valence-corrected chi connectivity index (χ2v) is 26.8. The van der Waals surface area contributed by atoms with E-state index in [0.717, 1.165) is 19.3 Å². The van der Waals surface area contributed by atoms with Crippen molar-refractivity contribution in [1.82, 2.24) is 0 Å². The molecule has 1 heterocycles. The van der Waals surface area contributed by atoms with Gasteiger partial charge in [-0.1, -0.05) is 58.3 Å². The third kappa shape index (κ3) is 15.9. The Morgan fingerprint density at radius 2 is 1.11 bits per heavy atom. The van der Waals surface area contributed by atoms with Gasteiger partial charge in [0.2, 0.25) is 0 Å². The maximum absolute atomic E-state index is 12.5. The molecule has 1 aliphatic rings. The molecule has 0 saturated carbocycles. The fourth-order valence-corrected chi connectivity index (χ4v) is 7.74. The zero-order valence-electron chi connectivity index (χ0n) is 25.6. The Hall–Kier alpha value is -0.0794. The molecule has 0 aromatic rings. The zero-order chi connectivity index (χ0) is 28.3. The van der Waals surface area contributed by atoms with Crippen LogP contribution in [0, 0.1) is 0 Å². The maximum atomic E-state index is 12.5. The molecule has 1 fully saturated rings. The van der Waals surface area contributed by atoms with Gasteiger partial charge >= 0.3 is 5.97 Å². The molecule has 5 unspecified atom stereocenters. The van der Waals surface area contributed by atoms with E-state index in [0.29, 0.717) is 6.42 Å². The highest BCUT2D eigenvalue weighted by molar-refractivity contribution is 6.70. The summed E-state index contributed by atoms with van der Waals surface area (Å²) in [7, 11) is -6.07. The molecule has 0 spiro atoms. The first-order chi connectivity index (χ1) is 17.0. The molecule has 1 saturated heterocycles. The Kier molecular flexibility index (Phi) is 15.3. The number of carbonyl (C=O) groups is 1. The van der Waals surface area contributed by atoms with Gasteiger partial charge in [0.25, 0.3) is 0 Å². The standard InChI is InChI=1S/C27H58O7Si3/c1-11-12-13-14-15-16-17-18-19-20-23(28)30-21-22-24(32-35(2,3)4)25(33-36(5,6)7)26(27(29)31-22)34-37(8,9)10/h22,24-27,29H,11-21H2,1-10H3. The summed E-state index contributed by atoms with van der Waals surface area (Å²) in [4.78, 5) is 12.5. The fraction of sp³-hybridized carbons (Fsp3) is 0.963. The molecule has 0 aromatic heterocycles. The van der Waals surface area contributed by atoms with Crippen molar-refractivity contribution in [2.75, 3.05) is 6.61 Å². The van der Waals surface area contributed by atoms with Gasteiger partial charge in [0.1, 0.15) is 31.0 Å². The third-order valence-corrected chi connectivity index (χ3v) is 8.91. The first-order valence-electron chi connectivity index (χ1n) is 14.5. The van der Waals surface area contributed by atoms with E-state index in [4.69, 9.17) is 22.8 Å². The van der Waals surface area contributed by atoms with Gasteiger partial charge < -0.3 is 27.9 Å². The predicted molar refractivity (Wildman–Crippen MR) is 158 cm³/mol. The van der Waals surface area contributed by atoms with Gasteiger partial charge in [0.15, 0.2) is 31.2 Å². The van der Waals surface area contributed by atoms with Gasteiger partial charge in [-0.05, 0) is 65.3 Å². The lowest BCUT2D eigenvalue weighted by Crippen LogP contribution is -2.65. The summed E-state index contributed by atoms with van der Waals surface area (Å²) >= 11 is 0. The fourth-order valence-electron chi connectivity index (χ4n) is 4.48. The van der Waals surface area contributed by atoms with Crippen molar-refractivity contribution in [2.45, 2.75) is 161 Å². The van der Waals surface area contributed by atoms with Crippen LogP contribution in [0.1, 0.15) is 71.1 Å². The molecular formula is C27H58O7Si3. The molecule has 0 aromatic carbocycles. The minimum Gasteiger partial charge on any atom is -0.463 e. The molecule has 37 heavy (non-hydrogen) atoms. The first-order valence-corrected chi connectivity index (χ1v) is 24.8. The van der Waals surface area contributed by atoms with Crippen molar-refractivity contribution in [3.63, 3.8) is 0 Å². The molecule has 1 rings (SSSR count). The quantitative estimate of drug-likeness (QED) is 0.108. The van der Waals surface area contributed by atoms with Crippen LogP contribution in [0.4, 0.5) is 0 Å². The van der Waals surface area contributed by atoms with Crippen molar-refractivity contribution in [2.24, 2.45) is 0 Å². The lowest BCUT2D eigenvalue weighted by atomic mass is 9.99. The average Bonchev–Trinajstić information content (AvgIpc) is 2.73. The van der Waals surface area contributed by atoms with Crippen molar-refractivity contribution < 1.29 is 32.7 Å². The van der Waals surface area contributed by atoms with Gasteiger partial charge in [-0.25, -0.2) is 0 Å². The Morgan fingerprint density at radius 1 is 0.676 bits per heavy atom. The van der Waals surface area contributed by atoms with Crippen LogP contribution in [0.25, 0.3) is 0 Å². The van der Waals surface area contributed by atoms with Crippen LogP contribution < -0.4 is 0 Å². The number of ether oxygens (including phenoxy) is 2. The smallest absolute Gasteiger partial charge is 0.305 e. The van der Waals surface area contributed by atoms with E-state index in [9.17, 15) is 9.90 Å². The number of hydrogen-bond donors (Lipinski definition) is 1. The molecule has 7 nitrogen and oxygen atoms in total. The number of rotatable bonds is 18. The third-order valence-electron chi connectivity index (χ3n) is 5.97. The topological polar surface area (TPSA) is 83.5 Å². The number of carbonyl (C=O) groups excluding carboxylic acids is 1. The van der Waals surface area contributed by atoms with E-state index in [2.05, 4.69) is 65.8 Å². The summed E-state index contributed by atoms with van der Waals surface area (Å²) in [6.07, 6.45) is 7.82. The molecule has 220 valence electrons. The molecular weight excluding hydrogens is 521 g/mol. The summed E-state index contributed by atoms with van der Waals surface area (Å²) in [6, 6.07) is 0. The van der Waals surface area contributed by atoms with Crippen LogP contribution in [0.5, 0.6) is 0 Å². The van der Waals surface area contributed by atoms with E-state index in [1.165, 1.54) is 38.5 Å². The van der Waals surface area contributed by atoms with Gasteiger partial charge in [0, 0.05) is 6.42 Å². The summed E-state index contributed by atoms with van der Waals surface area (Å²) in [5, 5.41) is 11.0. The lowest BCUT2D eigenvalue weighted by molar-refractivity contribution is -0.277. The molecule has 5 atom stereocenters. The van der Waals surface area contributed by atoms with Gasteiger partial charge in [-0.3, -0.25) is 4.79 Å². The molecule has 0 aliphatic carbocycles. The van der Waals surface area contributed by atoms with Crippen LogP contribution >= 0.6 is 0 Å². The van der Waals surface area contributed by atoms with Crippen LogP contribution in [0.15, 0.2) is 0 Å². The second kappa shape index (κ2) is 16.2. The van der Waals surface area contributed by atoms with Crippen molar-refractivity contribution in [1.29, 1.82) is 0 Å². The maximum Gasteiger partial charge on any atom is 0.305 e. The highest BCUT2D eigenvalue weighted by atomic mass is 28.4. The highest BCUT2D eigenvalue weighted by Crippen LogP contribution is 2.33. The number of aliphatic hydroxyl groups is 1. The van der Waals surface area contributed by atoms with Crippen LogP contribution in [0.2, 0.25) is 58.9 Å². The van der Waals surface area contributed by atoms with Crippen LogP contribution in [-0.4, -0.2) is 73.3 Å². The van der Waals surface area contributed by atoms with Crippen molar-refractivity contribution >= 4 is 30.9 Å². The predicted octanol–water partition coefficient (Wildman–Crippen LogP) is 6.83. The number of esters is 1. The lowest BCUT2D eigenvalue weighted by Gasteiger charge is -2.49. The summed E-state index contributed by atoms with van der Waals surface area (Å²) in [6.45, 7) is 21.2. The van der Waals surface area contributed by atoms with E-state index in [-0.39, 0.29) is 12.6 Å². The van der Waals surface area contributed by atoms with E-state index >= 15 is 0 Å². The van der Waals surface area contributed by atoms with Crippen LogP contribution in [-0.2, 0) is 27.5 Å². The number of aliphatic hydroxyl groups excluding tert-OH is 1. The van der Waals surface area contributed by atoms with Gasteiger partial charge in [0.05, 0.1) is 0 Å². The number of hydrogen-bond acceptors (Lipinski definition) is 7. The zero-order valence-corrected chi connectivity index (χ0v) is 28.6. The van der Waals surface area contributed by atoms with Gasteiger partial charge in [-0.15, -0.1) is 0 Å². The minimum absolute atomic E-state index is 0.0354. The normalized spacial score (nSPS) is 25.3. The second-order valence-electron chi connectivity index (χ2n) is 13.4. The largest absolute Gasteiger partial charge is 0.463 e. The monoisotopic (exact) mass is 578 g/mol. The summed E-state index contributed by atoms with van der Waals surface area (Å²) in [5.74, 6) is -0.226. The average molecular weight is 579 g/mol. The molecule has 1 N–H and O–H groups in total. The molecule has 0 amide bonds. The Balaban J connectivity index is 2.75. The van der Waals surface area contributed by atoms with Gasteiger partial charge in [-0.2, -0.15) is 0 Å².